The van der Waals surface area contributed by atoms with E-state index in [0.29, 0.717) is 31.3 Å². The first kappa shape index (κ1) is 18.5. The Hall–Kier alpha value is -2.90. The average molecular weight is 400 g/mol. The van der Waals surface area contributed by atoms with Gasteiger partial charge in [0.2, 0.25) is 0 Å². The summed E-state index contributed by atoms with van der Waals surface area (Å²) >= 11 is 5.83. The van der Waals surface area contributed by atoms with E-state index in [-0.39, 0.29) is 16.1 Å². The zero-order valence-corrected chi connectivity index (χ0v) is 15.9. The van der Waals surface area contributed by atoms with Crippen molar-refractivity contribution in [3.63, 3.8) is 0 Å². The number of hydrogen-bond donors (Lipinski definition) is 2. The van der Waals surface area contributed by atoms with Crippen molar-refractivity contribution in [3.05, 3.63) is 53.4 Å². The number of carbonyl (C=O) groups is 1. The highest BCUT2D eigenvalue weighted by molar-refractivity contribution is 6.32. The summed E-state index contributed by atoms with van der Waals surface area (Å²) < 4.78 is 11.2. The van der Waals surface area contributed by atoms with Gasteiger partial charge in [0, 0.05) is 17.0 Å². The van der Waals surface area contributed by atoms with Crippen molar-refractivity contribution in [2.45, 2.75) is 6.92 Å². The third kappa shape index (κ3) is 3.72. The molecule has 1 fully saturated rings. The summed E-state index contributed by atoms with van der Waals surface area (Å²) in [7, 11) is 0. The molecule has 2 aromatic heterocycles. The van der Waals surface area contributed by atoms with Crippen LogP contribution in [-0.2, 0) is 4.74 Å². The Kier molecular flexibility index (Phi) is 4.78. The number of carboxylic acids is 1. The predicted octanol–water partition coefficient (Wildman–Crippen LogP) is 4.14. The Balaban J connectivity index is 1.58. The molecule has 0 spiro atoms. The third-order valence-corrected chi connectivity index (χ3v) is 4.86. The molecule has 7 nitrogen and oxygen atoms in total. The number of aromatic nitrogens is 2. The largest absolute Gasteiger partial charge is 0.493 e. The smallest absolute Gasteiger partial charge is 0.338 e. The van der Waals surface area contributed by atoms with E-state index in [1.807, 2.05) is 24.3 Å². The van der Waals surface area contributed by atoms with Crippen LogP contribution in [0.4, 0.5) is 11.5 Å². The average Bonchev–Trinajstić information content (AvgIpc) is 2.66. The summed E-state index contributed by atoms with van der Waals surface area (Å²) in [6, 6.07) is 9.08. The van der Waals surface area contributed by atoms with E-state index in [1.165, 1.54) is 12.3 Å². The number of benzene rings is 1. The van der Waals surface area contributed by atoms with Crippen LogP contribution in [0.1, 0.15) is 17.3 Å². The van der Waals surface area contributed by atoms with Gasteiger partial charge in [-0.05, 0) is 35.7 Å². The quantitative estimate of drug-likeness (QED) is 0.601. The standard InChI is InChI=1S/C20H18ClN3O4/c1-20(9-27-10-20)11-28-14-2-3-15-12(6-14)4-5-22-18(15)24-13-7-16(19(25)26)17(21)23-8-13/h2-8H,9-11H2,1H3,(H,22,24)(H,25,26). The number of anilines is 2. The van der Waals surface area contributed by atoms with E-state index in [1.54, 1.807) is 6.20 Å². The highest BCUT2D eigenvalue weighted by Crippen LogP contribution is 2.31. The van der Waals surface area contributed by atoms with Gasteiger partial charge in [-0.3, -0.25) is 0 Å². The Morgan fingerprint density at radius 2 is 2.14 bits per heavy atom. The Morgan fingerprint density at radius 1 is 1.32 bits per heavy atom. The van der Waals surface area contributed by atoms with E-state index in [9.17, 15) is 9.90 Å². The minimum Gasteiger partial charge on any atom is -0.493 e. The van der Waals surface area contributed by atoms with Crippen LogP contribution in [0.5, 0.6) is 5.75 Å². The van der Waals surface area contributed by atoms with Crippen molar-refractivity contribution in [2.24, 2.45) is 5.41 Å². The lowest BCUT2D eigenvalue weighted by Crippen LogP contribution is -2.44. The van der Waals surface area contributed by atoms with Crippen molar-refractivity contribution in [1.29, 1.82) is 0 Å². The van der Waals surface area contributed by atoms with Crippen LogP contribution in [0.25, 0.3) is 10.8 Å². The summed E-state index contributed by atoms with van der Waals surface area (Å²) in [6.07, 6.45) is 3.14. The number of pyridine rings is 2. The molecule has 144 valence electrons. The van der Waals surface area contributed by atoms with Crippen molar-refractivity contribution >= 4 is 39.8 Å². The van der Waals surface area contributed by atoms with Crippen LogP contribution < -0.4 is 10.1 Å². The monoisotopic (exact) mass is 399 g/mol. The van der Waals surface area contributed by atoms with Crippen molar-refractivity contribution in [2.75, 3.05) is 25.1 Å². The topological polar surface area (TPSA) is 93.6 Å². The molecule has 0 radical (unpaired) electrons. The molecular weight excluding hydrogens is 382 g/mol. The molecule has 0 unspecified atom stereocenters. The van der Waals surface area contributed by atoms with Gasteiger partial charge in [-0.15, -0.1) is 0 Å². The molecule has 28 heavy (non-hydrogen) atoms. The van der Waals surface area contributed by atoms with Gasteiger partial charge in [0.1, 0.15) is 16.7 Å². The maximum absolute atomic E-state index is 11.2. The predicted molar refractivity (Wildman–Crippen MR) is 106 cm³/mol. The molecule has 0 aliphatic carbocycles. The van der Waals surface area contributed by atoms with Gasteiger partial charge in [-0.1, -0.05) is 18.5 Å². The Labute approximate surface area is 166 Å². The minimum absolute atomic E-state index is 0.0590. The molecule has 0 atom stereocenters. The molecule has 1 aromatic carbocycles. The molecule has 1 saturated heterocycles. The first-order valence-corrected chi connectivity index (χ1v) is 9.07. The molecule has 8 heteroatoms. The summed E-state index contributed by atoms with van der Waals surface area (Å²) in [6.45, 7) is 4.16. The summed E-state index contributed by atoms with van der Waals surface area (Å²) in [5, 5.41) is 14.1. The van der Waals surface area contributed by atoms with E-state index >= 15 is 0 Å². The highest BCUT2D eigenvalue weighted by Gasteiger charge is 2.34. The fraction of sp³-hybridized carbons (Fsp3) is 0.250. The number of halogens is 1. The van der Waals surface area contributed by atoms with Gasteiger partial charge in [-0.2, -0.15) is 0 Å². The SMILES string of the molecule is CC1(COc2ccc3c(Nc4cnc(Cl)c(C(=O)O)c4)nccc3c2)COC1. The maximum atomic E-state index is 11.2. The van der Waals surface area contributed by atoms with Gasteiger partial charge in [-0.25, -0.2) is 14.8 Å². The number of fused-ring (bicyclic) bond motifs is 1. The number of ether oxygens (including phenoxy) is 2. The summed E-state index contributed by atoms with van der Waals surface area (Å²) in [5.41, 5.74) is 0.486. The number of rotatable bonds is 6. The number of hydrogen-bond acceptors (Lipinski definition) is 6. The van der Waals surface area contributed by atoms with Crippen LogP contribution in [0.2, 0.25) is 5.15 Å². The van der Waals surface area contributed by atoms with E-state index in [0.717, 1.165) is 16.5 Å². The fourth-order valence-corrected chi connectivity index (χ4v) is 3.12. The first-order chi connectivity index (χ1) is 13.4. The molecule has 4 rings (SSSR count). The van der Waals surface area contributed by atoms with Gasteiger partial charge in [0.25, 0.3) is 0 Å². The van der Waals surface area contributed by atoms with Crippen LogP contribution >= 0.6 is 11.6 Å². The Bertz CT molecular complexity index is 1050. The second kappa shape index (κ2) is 7.26. The number of nitrogens with one attached hydrogen (secondary N) is 1. The number of carboxylic acid groups (broad SMARTS) is 1. The fourth-order valence-electron chi connectivity index (χ4n) is 2.94. The zero-order valence-electron chi connectivity index (χ0n) is 15.1. The molecule has 0 bridgehead atoms. The molecule has 0 saturated carbocycles. The zero-order chi connectivity index (χ0) is 19.7. The van der Waals surface area contributed by atoms with Crippen molar-refractivity contribution in [3.8, 4) is 5.75 Å². The van der Waals surface area contributed by atoms with Gasteiger partial charge in [0.05, 0.1) is 37.3 Å². The lowest BCUT2D eigenvalue weighted by molar-refractivity contribution is -0.120. The van der Waals surface area contributed by atoms with E-state index in [2.05, 4.69) is 22.2 Å². The molecule has 3 aromatic rings. The van der Waals surface area contributed by atoms with Gasteiger partial charge < -0.3 is 19.9 Å². The molecule has 0 amide bonds. The molecular formula is C20H18ClN3O4. The lowest BCUT2D eigenvalue weighted by Gasteiger charge is -2.37. The van der Waals surface area contributed by atoms with Gasteiger partial charge >= 0.3 is 5.97 Å². The maximum Gasteiger partial charge on any atom is 0.338 e. The first-order valence-electron chi connectivity index (χ1n) is 8.69. The van der Waals surface area contributed by atoms with Crippen molar-refractivity contribution < 1.29 is 19.4 Å². The second-order valence-electron chi connectivity index (χ2n) is 7.13. The summed E-state index contributed by atoms with van der Waals surface area (Å²) in [4.78, 5) is 19.5. The highest BCUT2D eigenvalue weighted by atomic mass is 35.5. The number of aromatic carboxylic acids is 1. The third-order valence-electron chi connectivity index (χ3n) is 4.56. The van der Waals surface area contributed by atoms with Crippen LogP contribution in [-0.4, -0.2) is 40.9 Å². The van der Waals surface area contributed by atoms with Crippen LogP contribution in [0.15, 0.2) is 42.7 Å². The minimum atomic E-state index is -1.14. The van der Waals surface area contributed by atoms with Crippen molar-refractivity contribution in [1.82, 2.24) is 9.97 Å². The van der Waals surface area contributed by atoms with Gasteiger partial charge in [0.15, 0.2) is 0 Å². The van der Waals surface area contributed by atoms with Crippen LogP contribution in [0, 0.1) is 5.41 Å². The van der Waals surface area contributed by atoms with E-state index in [4.69, 9.17) is 21.1 Å². The molecule has 3 heterocycles. The number of nitrogens with zero attached hydrogens (tertiary/aromatic N) is 2. The lowest BCUT2D eigenvalue weighted by atomic mass is 9.90. The normalized spacial score (nSPS) is 15.1. The molecule has 1 aliphatic rings. The molecule has 2 N–H and O–H groups in total. The summed E-state index contributed by atoms with van der Waals surface area (Å²) in [5.74, 6) is 0.224. The molecule has 1 aliphatic heterocycles. The second-order valence-corrected chi connectivity index (χ2v) is 7.49. The van der Waals surface area contributed by atoms with E-state index < -0.39 is 5.97 Å². The van der Waals surface area contributed by atoms with Crippen LogP contribution in [0.3, 0.4) is 0 Å². The Morgan fingerprint density at radius 3 is 2.86 bits per heavy atom.